The zero-order valence-corrected chi connectivity index (χ0v) is 18.8. The SMILES string of the molecule is Cc1cc(-c2ccc(N=Nc3c(C)ccc4cc(S(=O)(=O)O)ccc34)c(C)c2)ccc1N. The van der Waals surface area contributed by atoms with Gasteiger partial charge in [0, 0.05) is 11.1 Å². The van der Waals surface area contributed by atoms with Crippen molar-refractivity contribution in [1.29, 1.82) is 0 Å². The van der Waals surface area contributed by atoms with E-state index in [1.165, 1.54) is 12.1 Å². The first kappa shape index (κ1) is 21.7. The summed E-state index contributed by atoms with van der Waals surface area (Å²) in [6, 6.07) is 20.0. The van der Waals surface area contributed by atoms with Crippen LogP contribution >= 0.6 is 0 Å². The number of benzene rings is 4. The highest BCUT2D eigenvalue weighted by molar-refractivity contribution is 7.85. The van der Waals surface area contributed by atoms with Gasteiger partial charge in [0.25, 0.3) is 10.1 Å². The standard InChI is InChI=1S/C25H23N3O3S/c1-15-4-5-20-14-21(32(29,30)31)8-9-22(20)25(15)28-27-24-11-7-19(13-17(24)3)18-6-10-23(26)16(2)12-18/h4-14H,26H2,1-3H3,(H,29,30,31). The first-order chi connectivity index (χ1) is 15.1. The Morgan fingerprint density at radius 2 is 1.44 bits per heavy atom. The molecule has 7 heteroatoms. The number of rotatable bonds is 4. The lowest BCUT2D eigenvalue weighted by molar-refractivity contribution is 0.483. The number of nitrogen functional groups attached to an aromatic ring is 1. The fourth-order valence-corrected chi connectivity index (χ4v) is 4.12. The lowest BCUT2D eigenvalue weighted by atomic mass is 10.0. The third-order valence-electron chi connectivity index (χ3n) is 5.52. The molecule has 0 heterocycles. The minimum atomic E-state index is -4.27. The van der Waals surface area contributed by atoms with Gasteiger partial charge in [-0.05, 0) is 90.4 Å². The van der Waals surface area contributed by atoms with Gasteiger partial charge < -0.3 is 5.73 Å². The molecule has 4 rings (SSSR count). The van der Waals surface area contributed by atoms with Crippen molar-refractivity contribution in [3.8, 4) is 11.1 Å². The van der Waals surface area contributed by atoms with E-state index in [0.717, 1.165) is 44.6 Å². The monoisotopic (exact) mass is 445 g/mol. The highest BCUT2D eigenvalue weighted by atomic mass is 32.2. The first-order valence-electron chi connectivity index (χ1n) is 10.0. The van der Waals surface area contributed by atoms with Crippen LogP contribution in [0.2, 0.25) is 0 Å². The Morgan fingerprint density at radius 3 is 2.09 bits per heavy atom. The molecule has 4 aromatic rings. The molecule has 0 aliphatic carbocycles. The fourth-order valence-electron chi connectivity index (χ4n) is 3.60. The number of azo groups is 1. The third kappa shape index (κ3) is 4.26. The van der Waals surface area contributed by atoms with Crippen LogP contribution in [0.1, 0.15) is 16.7 Å². The molecule has 0 aliphatic heterocycles. The molecule has 0 atom stereocenters. The second-order valence-corrected chi connectivity index (χ2v) is 9.28. The quantitative estimate of drug-likeness (QED) is 0.208. The zero-order chi connectivity index (χ0) is 23.0. The number of aryl methyl sites for hydroxylation is 3. The summed E-state index contributed by atoms with van der Waals surface area (Å²) in [4.78, 5) is -0.152. The molecule has 0 radical (unpaired) electrons. The summed E-state index contributed by atoms with van der Waals surface area (Å²) in [7, 11) is -4.27. The van der Waals surface area contributed by atoms with E-state index >= 15 is 0 Å². The van der Waals surface area contributed by atoms with Gasteiger partial charge in [0.15, 0.2) is 0 Å². The molecule has 4 aromatic carbocycles. The maximum absolute atomic E-state index is 11.4. The number of nitrogens with two attached hydrogens (primary N) is 1. The molecule has 0 saturated heterocycles. The van der Waals surface area contributed by atoms with Crippen molar-refractivity contribution < 1.29 is 13.0 Å². The molecule has 0 spiro atoms. The van der Waals surface area contributed by atoms with Gasteiger partial charge in [0.1, 0.15) is 0 Å². The molecule has 162 valence electrons. The van der Waals surface area contributed by atoms with Gasteiger partial charge in [0.2, 0.25) is 0 Å². The fraction of sp³-hybridized carbons (Fsp3) is 0.120. The summed E-state index contributed by atoms with van der Waals surface area (Å²) in [5.74, 6) is 0. The Kier molecular flexibility index (Phi) is 5.54. The van der Waals surface area contributed by atoms with Crippen LogP contribution in [0.5, 0.6) is 0 Å². The molecular formula is C25H23N3O3S. The van der Waals surface area contributed by atoms with Crippen molar-refractivity contribution >= 4 is 38.0 Å². The van der Waals surface area contributed by atoms with Crippen LogP contribution in [0.3, 0.4) is 0 Å². The van der Waals surface area contributed by atoms with Crippen LogP contribution in [0, 0.1) is 20.8 Å². The van der Waals surface area contributed by atoms with E-state index in [0.29, 0.717) is 11.1 Å². The van der Waals surface area contributed by atoms with Crippen LogP contribution in [0.15, 0.2) is 81.9 Å². The molecule has 0 fully saturated rings. The predicted octanol–water partition coefficient (Wildman–Crippen LogP) is 6.68. The van der Waals surface area contributed by atoms with Crippen molar-refractivity contribution in [3.05, 3.63) is 83.4 Å². The molecule has 0 aromatic heterocycles. The van der Waals surface area contributed by atoms with E-state index in [4.69, 9.17) is 5.73 Å². The third-order valence-corrected chi connectivity index (χ3v) is 6.37. The van der Waals surface area contributed by atoms with Crippen LogP contribution in [-0.2, 0) is 10.1 Å². The highest BCUT2D eigenvalue weighted by Gasteiger charge is 2.12. The van der Waals surface area contributed by atoms with Crippen LogP contribution in [0.4, 0.5) is 17.1 Å². The van der Waals surface area contributed by atoms with E-state index in [1.54, 1.807) is 12.1 Å². The summed E-state index contributed by atoms with van der Waals surface area (Å²) in [6.45, 7) is 5.89. The Balaban J connectivity index is 1.71. The van der Waals surface area contributed by atoms with E-state index < -0.39 is 10.1 Å². The molecular weight excluding hydrogens is 422 g/mol. The van der Waals surface area contributed by atoms with Gasteiger partial charge in [-0.25, -0.2) is 0 Å². The maximum atomic E-state index is 11.4. The smallest absolute Gasteiger partial charge is 0.294 e. The lowest BCUT2D eigenvalue weighted by Gasteiger charge is -2.09. The second-order valence-electron chi connectivity index (χ2n) is 7.86. The van der Waals surface area contributed by atoms with Crippen LogP contribution in [0.25, 0.3) is 21.9 Å². The normalized spacial score (nSPS) is 12.0. The predicted molar refractivity (Wildman–Crippen MR) is 128 cm³/mol. The number of hydrogen-bond donors (Lipinski definition) is 2. The maximum Gasteiger partial charge on any atom is 0.294 e. The lowest BCUT2D eigenvalue weighted by Crippen LogP contribution is -1.97. The molecule has 0 saturated carbocycles. The molecule has 0 aliphatic rings. The van der Waals surface area contributed by atoms with E-state index in [9.17, 15) is 13.0 Å². The number of anilines is 1. The minimum absolute atomic E-state index is 0.152. The van der Waals surface area contributed by atoms with E-state index in [1.807, 2.05) is 51.1 Å². The molecule has 0 unspecified atom stereocenters. The van der Waals surface area contributed by atoms with Crippen molar-refractivity contribution in [2.75, 3.05) is 5.73 Å². The highest BCUT2D eigenvalue weighted by Crippen LogP contribution is 2.34. The number of nitrogens with zero attached hydrogens (tertiary/aromatic N) is 2. The first-order valence-corrected chi connectivity index (χ1v) is 11.5. The summed E-state index contributed by atoms with van der Waals surface area (Å²) in [5.41, 5.74) is 13.2. The topological polar surface area (TPSA) is 105 Å². The largest absolute Gasteiger partial charge is 0.399 e. The van der Waals surface area contributed by atoms with Gasteiger partial charge in [-0.1, -0.05) is 30.3 Å². The van der Waals surface area contributed by atoms with E-state index in [2.05, 4.69) is 22.4 Å². The molecule has 32 heavy (non-hydrogen) atoms. The Morgan fingerprint density at radius 1 is 0.750 bits per heavy atom. The van der Waals surface area contributed by atoms with Crippen molar-refractivity contribution in [1.82, 2.24) is 0 Å². The summed E-state index contributed by atoms with van der Waals surface area (Å²) >= 11 is 0. The summed E-state index contributed by atoms with van der Waals surface area (Å²) < 4.78 is 32.2. The number of hydrogen-bond acceptors (Lipinski definition) is 5. The second kappa shape index (κ2) is 8.18. The summed E-state index contributed by atoms with van der Waals surface area (Å²) in [5, 5.41) is 10.4. The Labute approximate surface area is 187 Å². The van der Waals surface area contributed by atoms with Gasteiger partial charge >= 0.3 is 0 Å². The van der Waals surface area contributed by atoms with Gasteiger partial charge in [-0.15, -0.1) is 5.11 Å². The zero-order valence-electron chi connectivity index (χ0n) is 18.0. The molecule has 0 amide bonds. The van der Waals surface area contributed by atoms with Crippen molar-refractivity contribution in [2.45, 2.75) is 25.7 Å². The Bertz CT molecular complexity index is 1490. The van der Waals surface area contributed by atoms with Gasteiger partial charge in [-0.2, -0.15) is 13.5 Å². The van der Waals surface area contributed by atoms with Gasteiger partial charge in [-0.3, -0.25) is 4.55 Å². The Hall–Kier alpha value is -3.55. The van der Waals surface area contributed by atoms with Crippen molar-refractivity contribution in [2.24, 2.45) is 10.2 Å². The minimum Gasteiger partial charge on any atom is -0.399 e. The number of fused-ring (bicyclic) bond motifs is 1. The van der Waals surface area contributed by atoms with Crippen molar-refractivity contribution in [3.63, 3.8) is 0 Å². The van der Waals surface area contributed by atoms with E-state index in [-0.39, 0.29) is 4.90 Å². The molecule has 0 bridgehead atoms. The van der Waals surface area contributed by atoms with Crippen LogP contribution < -0.4 is 5.73 Å². The van der Waals surface area contributed by atoms with Gasteiger partial charge in [0.05, 0.1) is 16.3 Å². The average molecular weight is 446 g/mol. The summed E-state index contributed by atoms with van der Waals surface area (Å²) in [6.07, 6.45) is 0. The molecule has 6 nitrogen and oxygen atoms in total. The molecule has 3 N–H and O–H groups in total. The average Bonchev–Trinajstić information content (AvgIpc) is 2.74. The van der Waals surface area contributed by atoms with Crippen LogP contribution in [-0.4, -0.2) is 13.0 Å².